The highest BCUT2D eigenvalue weighted by Crippen LogP contribution is 1.83. The van der Waals surface area contributed by atoms with Crippen LogP contribution in [0.2, 0.25) is 0 Å². The summed E-state index contributed by atoms with van der Waals surface area (Å²) in [7, 11) is 0. The fraction of sp³-hybridized carbons (Fsp3) is 0.667. The largest absolute Gasteiger partial charge is 0.357 e. The predicted molar refractivity (Wildman–Crippen MR) is 27.5 cm³/mol. The van der Waals surface area contributed by atoms with E-state index < -0.39 is 5.24 Å². The first kappa shape index (κ1) is 7.21. The molecule has 0 radical (unpaired) electrons. The quantitative estimate of drug-likeness (QED) is 0.434. The van der Waals surface area contributed by atoms with Crippen LogP contribution in [-0.2, 0) is 9.53 Å². The minimum absolute atomic E-state index is 0.0124. The number of alkyl halides is 1. The molecule has 0 fully saturated rings. The fourth-order valence-electron chi connectivity index (χ4n) is 0.119. The average Bonchev–Trinajstić information content (AvgIpc) is 1.61. The summed E-state index contributed by atoms with van der Waals surface area (Å²) in [6.45, 7) is -0.106. The van der Waals surface area contributed by atoms with Gasteiger partial charge in [-0.2, -0.15) is 0 Å². The molecule has 0 saturated heterocycles. The van der Waals surface area contributed by atoms with E-state index >= 15 is 0 Å². The molecule has 0 aliphatic carbocycles. The summed E-state index contributed by atoms with van der Waals surface area (Å²) in [6, 6.07) is 0.0124. The highest BCUT2D eigenvalue weighted by Gasteiger charge is 1.90. The van der Waals surface area contributed by atoms with Gasteiger partial charge in [-0.3, -0.25) is 4.79 Å². The lowest BCUT2D eigenvalue weighted by atomic mass is 10.8. The summed E-state index contributed by atoms with van der Waals surface area (Å²) >= 11 is 9.85. The van der Waals surface area contributed by atoms with Gasteiger partial charge in [0.05, 0.1) is 0 Å². The van der Waals surface area contributed by atoms with E-state index in [0.29, 0.717) is 0 Å². The maximum Gasteiger partial charge on any atom is 0.247 e. The summed E-state index contributed by atoms with van der Waals surface area (Å²) in [4.78, 5) is 9.78. The molecule has 7 heavy (non-hydrogen) atoms. The zero-order valence-electron chi connectivity index (χ0n) is 3.49. The molecule has 4 heteroatoms. The smallest absolute Gasteiger partial charge is 0.247 e. The Morgan fingerprint density at radius 3 is 2.43 bits per heavy atom. The SMILES string of the molecule is O=C(Cl)COCCl. The van der Waals surface area contributed by atoms with Crippen LogP contribution in [0.5, 0.6) is 0 Å². The van der Waals surface area contributed by atoms with E-state index in [1.54, 1.807) is 0 Å². The lowest BCUT2D eigenvalue weighted by molar-refractivity contribution is -0.115. The Hall–Kier alpha value is 0.210. The fourth-order valence-corrected chi connectivity index (χ4v) is 0.273. The molecule has 42 valence electrons. The lowest BCUT2D eigenvalue weighted by Gasteiger charge is -1.88. The highest BCUT2D eigenvalue weighted by atomic mass is 35.5. The molecule has 0 aromatic heterocycles. The molecule has 0 spiro atoms. The standard InChI is InChI=1S/C3H4Cl2O2/c4-2-7-1-3(5)6/h1-2H2. The summed E-state index contributed by atoms with van der Waals surface area (Å²) in [6.07, 6.45) is 0. The van der Waals surface area contributed by atoms with Crippen LogP contribution in [0, 0.1) is 0 Å². The van der Waals surface area contributed by atoms with Gasteiger partial charge >= 0.3 is 0 Å². The van der Waals surface area contributed by atoms with Crippen molar-refractivity contribution in [3.05, 3.63) is 0 Å². The van der Waals surface area contributed by atoms with E-state index in [1.165, 1.54) is 0 Å². The van der Waals surface area contributed by atoms with Crippen molar-refractivity contribution in [1.82, 2.24) is 0 Å². The van der Waals surface area contributed by atoms with Gasteiger partial charge in [0.25, 0.3) is 0 Å². The van der Waals surface area contributed by atoms with Crippen molar-refractivity contribution in [3.63, 3.8) is 0 Å². The molecule has 0 aromatic rings. The normalized spacial score (nSPS) is 8.86. The highest BCUT2D eigenvalue weighted by molar-refractivity contribution is 6.63. The topological polar surface area (TPSA) is 26.3 Å². The number of halogens is 2. The Morgan fingerprint density at radius 1 is 1.71 bits per heavy atom. The third-order valence-electron chi connectivity index (χ3n) is 0.293. The number of ether oxygens (including phenoxy) is 1. The van der Waals surface area contributed by atoms with E-state index in [-0.39, 0.29) is 12.7 Å². The first-order valence-electron chi connectivity index (χ1n) is 1.59. The zero-order chi connectivity index (χ0) is 5.70. The average molecular weight is 143 g/mol. The molecule has 0 bridgehead atoms. The van der Waals surface area contributed by atoms with Crippen molar-refractivity contribution in [1.29, 1.82) is 0 Å². The molecule has 0 saturated carbocycles. The second-order valence-corrected chi connectivity index (χ2v) is 1.45. The molecule has 0 heterocycles. The van der Waals surface area contributed by atoms with Crippen molar-refractivity contribution >= 4 is 28.4 Å². The van der Waals surface area contributed by atoms with Crippen LogP contribution in [0.1, 0.15) is 0 Å². The van der Waals surface area contributed by atoms with Crippen LogP contribution in [0.15, 0.2) is 0 Å². The van der Waals surface area contributed by atoms with Gasteiger partial charge in [-0.15, -0.1) is 0 Å². The monoisotopic (exact) mass is 142 g/mol. The zero-order valence-corrected chi connectivity index (χ0v) is 5.00. The van der Waals surface area contributed by atoms with Gasteiger partial charge in [-0.25, -0.2) is 0 Å². The van der Waals surface area contributed by atoms with Crippen LogP contribution in [0.4, 0.5) is 0 Å². The van der Waals surface area contributed by atoms with Crippen LogP contribution >= 0.6 is 23.2 Å². The second-order valence-electron chi connectivity index (χ2n) is 0.813. The summed E-state index contributed by atoms with van der Waals surface area (Å²) in [5, 5.41) is -0.527. The third kappa shape index (κ3) is 6.21. The molecule has 0 aromatic carbocycles. The number of carbonyl (C=O) groups is 1. The Balaban J connectivity index is 2.82. The summed E-state index contributed by atoms with van der Waals surface area (Å²) in [5.41, 5.74) is 0. The first-order valence-corrected chi connectivity index (χ1v) is 2.50. The van der Waals surface area contributed by atoms with E-state index in [2.05, 4.69) is 4.74 Å². The maximum absolute atomic E-state index is 9.78. The minimum Gasteiger partial charge on any atom is -0.357 e. The predicted octanol–water partition coefficient (Wildman–Crippen LogP) is 0.965. The lowest BCUT2D eigenvalue weighted by Crippen LogP contribution is -1.98. The van der Waals surface area contributed by atoms with Gasteiger partial charge in [0, 0.05) is 0 Å². The molecule has 0 atom stereocenters. The molecular formula is C3H4Cl2O2. The van der Waals surface area contributed by atoms with Gasteiger partial charge in [-0.05, 0) is 11.6 Å². The number of carbonyl (C=O) groups excluding carboxylic acids is 1. The van der Waals surface area contributed by atoms with E-state index in [4.69, 9.17) is 23.2 Å². The minimum atomic E-state index is -0.527. The van der Waals surface area contributed by atoms with Gasteiger partial charge in [0.1, 0.15) is 12.7 Å². The Labute approximate surface area is 51.4 Å². The molecule has 0 rings (SSSR count). The number of rotatable bonds is 3. The van der Waals surface area contributed by atoms with Gasteiger partial charge in [0.15, 0.2) is 0 Å². The molecular weight excluding hydrogens is 139 g/mol. The van der Waals surface area contributed by atoms with Crippen molar-refractivity contribution in [3.8, 4) is 0 Å². The number of hydrogen-bond donors (Lipinski definition) is 0. The van der Waals surface area contributed by atoms with Gasteiger partial charge < -0.3 is 4.74 Å². The second kappa shape index (κ2) is 4.37. The van der Waals surface area contributed by atoms with Crippen molar-refractivity contribution in [2.75, 3.05) is 12.7 Å². The molecule has 2 nitrogen and oxygen atoms in total. The summed E-state index contributed by atoms with van der Waals surface area (Å²) < 4.78 is 4.38. The Morgan fingerprint density at radius 2 is 2.29 bits per heavy atom. The van der Waals surface area contributed by atoms with E-state index in [0.717, 1.165) is 0 Å². The maximum atomic E-state index is 9.78. The van der Waals surface area contributed by atoms with Crippen molar-refractivity contribution < 1.29 is 9.53 Å². The van der Waals surface area contributed by atoms with Crippen LogP contribution in [0.3, 0.4) is 0 Å². The van der Waals surface area contributed by atoms with Crippen molar-refractivity contribution in [2.24, 2.45) is 0 Å². The molecule has 0 aliphatic rings. The molecule has 0 aliphatic heterocycles. The molecule has 0 N–H and O–H groups in total. The first-order chi connectivity index (χ1) is 3.27. The Bertz CT molecular complexity index is 64.0. The molecule has 0 amide bonds. The third-order valence-corrected chi connectivity index (χ3v) is 0.556. The summed E-state index contributed by atoms with van der Waals surface area (Å²) in [5.74, 6) is 0. The van der Waals surface area contributed by atoms with Crippen LogP contribution in [-0.4, -0.2) is 17.9 Å². The van der Waals surface area contributed by atoms with Gasteiger partial charge in [-0.1, -0.05) is 11.6 Å². The van der Waals surface area contributed by atoms with Crippen molar-refractivity contribution in [2.45, 2.75) is 0 Å². The molecule has 0 unspecified atom stereocenters. The van der Waals surface area contributed by atoms with E-state index in [9.17, 15) is 4.79 Å². The Kier molecular flexibility index (Phi) is 4.50. The van der Waals surface area contributed by atoms with Crippen LogP contribution < -0.4 is 0 Å². The van der Waals surface area contributed by atoms with Gasteiger partial charge in [0.2, 0.25) is 5.24 Å². The van der Waals surface area contributed by atoms with E-state index in [1.807, 2.05) is 0 Å². The van der Waals surface area contributed by atoms with Crippen LogP contribution in [0.25, 0.3) is 0 Å². The number of hydrogen-bond acceptors (Lipinski definition) is 2.